The van der Waals surface area contributed by atoms with Gasteiger partial charge in [0.05, 0.1) is 11.4 Å². The van der Waals surface area contributed by atoms with Crippen LogP contribution in [0.25, 0.3) is 28.3 Å². The molecular weight excluding hydrogens is 460 g/mol. The van der Waals surface area contributed by atoms with Crippen LogP contribution in [0.15, 0.2) is 113 Å². The van der Waals surface area contributed by atoms with Crippen molar-refractivity contribution >= 4 is 11.8 Å². The molecule has 4 aromatic rings. The molecule has 0 aromatic heterocycles. The van der Waals surface area contributed by atoms with Crippen LogP contribution in [0.3, 0.4) is 0 Å². The topological polar surface area (TPSA) is 24.7 Å². The van der Waals surface area contributed by atoms with Crippen molar-refractivity contribution in [1.82, 2.24) is 0 Å². The number of hydrogen-bond donors (Lipinski definition) is 0. The first-order valence-corrected chi connectivity index (χ1v) is 14.1. The highest BCUT2D eigenvalue weighted by Crippen LogP contribution is 2.32. The van der Waals surface area contributed by atoms with Gasteiger partial charge >= 0.3 is 0 Å². The molecule has 0 N–H and O–H groups in total. The molecule has 38 heavy (non-hydrogen) atoms. The number of unbranched alkanes of at least 4 members (excludes halogenated alkanes) is 5. The number of hydrogen-bond acceptors (Lipinski definition) is 2. The van der Waals surface area contributed by atoms with E-state index >= 15 is 0 Å². The third-order valence-electron chi connectivity index (χ3n) is 6.81. The molecule has 4 rings (SSSR count). The Hall–Kier alpha value is -3.78. The minimum absolute atomic E-state index is 0.853. The van der Waals surface area contributed by atoms with Crippen LogP contribution in [0, 0.1) is 6.92 Å². The lowest BCUT2D eigenvalue weighted by atomic mass is 9.98. The van der Waals surface area contributed by atoms with Gasteiger partial charge in [-0.15, -0.1) is 0 Å². The first kappa shape index (κ1) is 27.3. The van der Waals surface area contributed by atoms with Gasteiger partial charge in [-0.3, -0.25) is 0 Å². The average molecular weight is 501 g/mol. The number of benzene rings is 4. The second kappa shape index (κ2) is 14.2. The maximum atomic E-state index is 4.66. The Morgan fingerprint density at radius 3 is 1.89 bits per heavy atom. The summed E-state index contributed by atoms with van der Waals surface area (Å²) >= 11 is 0. The van der Waals surface area contributed by atoms with Crippen molar-refractivity contribution < 1.29 is 0 Å². The van der Waals surface area contributed by atoms with Crippen molar-refractivity contribution in [3.05, 3.63) is 119 Å². The van der Waals surface area contributed by atoms with Crippen molar-refractivity contribution in [2.75, 3.05) is 0 Å². The summed E-state index contributed by atoms with van der Waals surface area (Å²) in [5.74, 6) is 0. The zero-order chi connectivity index (χ0) is 26.6. The van der Waals surface area contributed by atoms with Gasteiger partial charge in [0, 0.05) is 0 Å². The molecule has 0 aliphatic rings. The number of aryl methyl sites for hydroxylation is 2. The predicted molar refractivity (Wildman–Crippen MR) is 164 cm³/mol. The predicted octanol–water partition coefficient (Wildman–Crippen LogP) is 11.4. The maximum Gasteiger partial charge on any atom is 0.0869 e. The van der Waals surface area contributed by atoms with Gasteiger partial charge < -0.3 is 0 Å². The Bertz CT molecular complexity index is 1290. The van der Waals surface area contributed by atoms with Gasteiger partial charge in [0.25, 0.3) is 0 Å². The molecule has 0 fully saturated rings. The zero-order valence-corrected chi connectivity index (χ0v) is 23.2. The van der Waals surface area contributed by atoms with Crippen LogP contribution in [-0.2, 0) is 6.42 Å². The van der Waals surface area contributed by atoms with E-state index in [-0.39, 0.29) is 0 Å². The third kappa shape index (κ3) is 8.38. The van der Waals surface area contributed by atoms with Gasteiger partial charge in [-0.1, -0.05) is 123 Å². The van der Waals surface area contributed by atoms with Crippen molar-refractivity contribution in [2.24, 2.45) is 10.2 Å². The van der Waals surface area contributed by atoms with Crippen LogP contribution in [0.2, 0.25) is 0 Å². The Morgan fingerprint density at radius 1 is 0.658 bits per heavy atom. The maximum absolute atomic E-state index is 4.66. The largest absolute Gasteiger partial charge is 0.155 e. The second-order valence-electron chi connectivity index (χ2n) is 10.3. The molecule has 4 aromatic carbocycles. The lowest BCUT2D eigenvalue weighted by molar-refractivity contribution is 0.607. The number of azo groups is 1. The highest BCUT2D eigenvalue weighted by atomic mass is 15.1. The highest BCUT2D eigenvalue weighted by molar-refractivity contribution is 5.77. The van der Waals surface area contributed by atoms with Crippen molar-refractivity contribution in [1.29, 1.82) is 0 Å². The van der Waals surface area contributed by atoms with Crippen LogP contribution in [0.4, 0.5) is 5.69 Å². The molecule has 2 nitrogen and oxygen atoms in total. The molecule has 0 aliphatic carbocycles. The molecule has 0 radical (unpaired) electrons. The quantitative estimate of drug-likeness (QED) is 0.136. The fraction of sp³-hybridized carbons (Fsp3) is 0.278. The average Bonchev–Trinajstić information content (AvgIpc) is 2.94. The molecule has 194 valence electrons. The minimum atomic E-state index is 0.853. The van der Waals surface area contributed by atoms with E-state index in [0.717, 1.165) is 28.9 Å². The van der Waals surface area contributed by atoms with Gasteiger partial charge in [-0.2, -0.15) is 10.2 Å². The Kier molecular flexibility index (Phi) is 10.2. The van der Waals surface area contributed by atoms with Gasteiger partial charge in [0.2, 0.25) is 0 Å². The normalized spacial score (nSPS) is 11.8. The van der Waals surface area contributed by atoms with Crippen molar-refractivity contribution in [3.63, 3.8) is 0 Å². The molecular formula is C36H40N2. The smallest absolute Gasteiger partial charge is 0.0869 e. The second-order valence-corrected chi connectivity index (χ2v) is 10.3. The lowest BCUT2D eigenvalue weighted by Gasteiger charge is -2.08. The molecule has 0 saturated heterocycles. The molecule has 0 atom stereocenters. The summed E-state index contributed by atoms with van der Waals surface area (Å²) in [6, 6.07) is 34.2. The van der Waals surface area contributed by atoms with E-state index in [1.807, 2.05) is 19.1 Å². The van der Waals surface area contributed by atoms with E-state index in [4.69, 9.17) is 0 Å². The molecule has 0 bridgehead atoms. The standard InChI is InChI=1S/C36H40N2/c1-4-5-6-7-8-11-16-30-21-28(2)22-31(24-30)23-29(3)37-38-36-26-34(32-17-12-9-13-18-32)25-35(27-36)33-19-14-10-15-20-33/h9-10,12-15,17-27H,4-8,11,16H2,1-3H3. The molecule has 0 saturated carbocycles. The van der Waals surface area contributed by atoms with Gasteiger partial charge in [0.15, 0.2) is 0 Å². The summed E-state index contributed by atoms with van der Waals surface area (Å²) in [6.07, 6.45) is 11.2. The van der Waals surface area contributed by atoms with Crippen molar-refractivity contribution in [3.8, 4) is 22.3 Å². The fourth-order valence-corrected chi connectivity index (χ4v) is 4.90. The Morgan fingerprint density at radius 2 is 1.26 bits per heavy atom. The van der Waals surface area contributed by atoms with E-state index in [2.05, 4.69) is 115 Å². The summed E-state index contributed by atoms with van der Waals surface area (Å²) in [6.45, 7) is 6.48. The summed E-state index contributed by atoms with van der Waals surface area (Å²) in [5.41, 5.74) is 10.3. The van der Waals surface area contributed by atoms with Crippen LogP contribution >= 0.6 is 0 Å². The first-order valence-electron chi connectivity index (χ1n) is 14.1. The van der Waals surface area contributed by atoms with E-state index in [0.29, 0.717) is 0 Å². The first-order chi connectivity index (χ1) is 18.6. The van der Waals surface area contributed by atoms with E-state index < -0.39 is 0 Å². The lowest BCUT2D eigenvalue weighted by Crippen LogP contribution is -1.89. The number of allylic oxidation sites excluding steroid dienone is 1. The van der Waals surface area contributed by atoms with Crippen LogP contribution in [0.1, 0.15) is 69.1 Å². The van der Waals surface area contributed by atoms with E-state index in [1.54, 1.807) is 0 Å². The summed E-state index contributed by atoms with van der Waals surface area (Å²) in [5, 5.41) is 9.27. The minimum Gasteiger partial charge on any atom is -0.155 e. The summed E-state index contributed by atoms with van der Waals surface area (Å²) in [7, 11) is 0. The van der Waals surface area contributed by atoms with Gasteiger partial charge in [-0.05, 0) is 84.3 Å². The molecule has 0 unspecified atom stereocenters. The number of rotatable bonds is 12. The third-order valence-corrected chi connectivity index (χ3v) is 6.81. The molecule has 0 aliphatic heterocycles. The number of nitrogens with zero attached hydrogens (tertiary/aromatic N) is 2. The Labute approximate surface area is 229 Å². The van der Waals surface area contributed by atoms with Gasteiger partial charge in [0.1, 0.15) is 0 Å². The Balaban J connectivity index is 1.52. The van der Waals surface area contributed by atoms with Crippen molar-refractivity contribution in [2.45, 2.75) is 65.7 Å². The van der Waals surface area contributed by atoms with Crippen LogP contribution < -0.4 is 0 Å². The molecule has 2 heteroatoms. The van der Waals surface area contributed by atoms with Crippen LogP contribution in [0.5, 0.6) is 0 Å². The van der Waals surface area contributed by atoms with E-state index in [9.17, 15) is 0 Å². The summed E-state index contributed by atoms with van der Waals surface area (Å²) < 4.78 is 0. The van der Waals surface area contributed by atoms with Gasteiger partial charge in [-0.25, -0.2) is 0 Å². The zero-order valence-electron chi connectivity index (χ0n) is 23.2. The SMILES string of the molecule is CCCCCCCCc1cc(C)cc(C=C(C)N=Nc2cc(-c3ccccc3)cc(-c3ccccc3)c2)c1. The van der Waals surface area contributed by atoms with E-state index in [1.165, 1.54) is 66.3 Å². The molecule has 0 spiro atoms. The van der Waals surface area contributed by atoms with Crippen LogP contribution in [-0.4, -0.2) is 0 Å². The highest BCUT2D eigenvalue weighted by Gasteiger charge is 2.06. The fourth-order valence-electron chi connectivity index (χ4n) is 4.90. The molecule has 0 amide bonds. The summed E-state index contributed by atoms with van der Waals surface area (Å²) in [4.78, 5) is 0. The monoisotopic (exact) mass is 500 g/mol. The molecule has 0 heterocycles.